The Hall–Kier alpha value is -1.35. The highest BCUT2D eigenvalue weighted by molar-refractivity contribution is 5.75. The van der Waals surface area contributed by atoms with Crippen LogP contribution in [-0.4, -0.2) is 23.3 Å². The SMILES string of the molecule is O=C(O)[C@H]1O[C@@H]1Cc1ccccc1. The number of carboxylic acids is 1. The summed E-state index contributed by atoms with van der Waals surface area (Å²) in [6.45, 7) is 0. The van der Waals surface area contributed by atoms with Gasteiger partial charge >= 0.3 is 5.97 Å². The van der Waals surface area contributed by atoms with Gasteiger partial charge in [0.1, 0.15) is 0 Å². The summed E-state index contributed by atoms with van der Waals surface area (Å²) >= 11 is 0. The lowest BCUT2D eigenvalue weighted by atomic mass is 10.1. The van der Waals surface area contributed by atoms with Gasteiger partial charge in [0.15, 0.2) is 6.10 Å². The van der Waals surface area contributed by atoms with Crippen LogP contribution in [0, 0.1) is 0 Å². The van der Waals surface area contributed by atoms with Gasteiger partial charge < -0.3 is 9.84 Å². The van der Waals surface area contributed by atoms with Crippen LogP contribution in [-0.2, 0) is 16.0 Å². The molecule has 1 N–H and O–H groups in total. The Balaban J connectivity index is 1.92. The third-order valence-corrected chi connectivity index (χ3v) is 2.11. The summed E-state index contributed by atoms with van der Waals surface area (Å²) in [5.74, 6) is -0.860. The number of hydrogen-bond donors (Lipinski definition) is 1. The number of hydrogen-bond acceptors (Lipinski definition) is 2. The molecule has 1 saturated heterocycles. The van der Waals surface area contributed by atoms with Crippen LogP contribution in [0.3, 0.4) is 0 Å². The molecule has 0 aromatic heterocycles. The minimum atomic E-state index is -0.860. The molecule has 13 heavy (non-hydrogen) atoms. The molecule has 1 heterocycles. The topological polar surface area (TPSA) is 49.8 Å². The molecular weight excluding hydrogens is 168 g/mol. The Morgan fingerprint density at radius 2 is 2.08 bits per heavy atom. The second-order valence-electron chi connectivity index (χ2n) is 3.12. The van der Waals surface area contributed by atoms with Gasteiger partial charge in [-0.15, -0.1) is 0 Å². The minimum Gasteiger partial charge on any atom is -0.479 e. The number of ether oxygens (including phenoxy) is 1. The van der Waals surface area contributed by atoms with Crippen LogP contribution in [0.15, 0.2) is 30.3 Å². The van der Waals surface area contributed by atoms with Gasteiger partial charge in [-0.1, -0.05) is 30.3 Å². The third kappa shape index (κ3) is 1.87. The molecule has 1 fully saturated rings. The van der Waals surface area contributed by atoms with Gasteiger partial charge in [-0.05, 0) is 5.56 Å². The zero-order valence-corrected chi connectivity index (χ0v) is 7.01. The summed E-state index contributed by atoms with van der Waals surface area (Å²) in [5, 5.41) is 8.58. The Morgan fingerprint density at radius 3 is 2.62 bits per heavy atom. The van der Waals surface area contributed by atoms with E-state index in [2.05, 4.69) is 0 Å². The van der Waals surface area contributed by atoms with Gasteiger partial charge in [0.25, 0.3) is 0 Å². The summed E-state index contributed by atoms with van der Waals surface area (Å²) < 4.78 is 4.98. The second kappa shape index (κ2) is 3.18. The van der Waals surface area contributed by atoms with Crippen LogP contribution >= 0.6 is 0 Å². The van der Waals surface area contributed by atoms with Gasteiger partial charge in [0.05, 0.1) is 6.10 Å². The van der Waals surface area contributed by atoms with Crippen molar-refractivity contribution in [3.63, 3.8) is 0 Å². The molecule has 1 aliphatic heterocycles. The summed E-state index contributed by atoms with van der Waals surface area (Å²) in [6, 6.07) is 9.76. The van der Waals surface area contributed by atoms with E-state index in [1.807, 2.05) is 30.3 Å². The quantitative estimate of drug-likeness (QED) is 0.704. The minimum absolute atomic E-state index is 0.125. The average Bonchev–Trinajstić information content (AvgIpc) is 2.86. The molecule has 2 atom stereocenters. The van der Waals surface area contributed by atoms with Crippen molar-refractivity contribution in [1.29, 1.82) is 0 Å². The van der Waals surface area contributed by atoms with Gasteiger partial charge in [0.2, 0.25) is 0 Å². The molecule has 0 radical (unpaired) electrons. The fraction of sp³-hybridized carbons (Fsp3) is 0.300. The van der Waals surface area contributed by atoms with Crippen molar-refractivity contribution < 1.29 is 14.6 Å². The first kappa shape index (κ1) is 8.26. The molecule has 0 unspecified atom stereocenters. The van der Waals surface area contributed by atoms with Gasteiger partial charge in [-0.25, -0.2) is 4.79 Å². The maximum atomic E-state index is 10.4. The van der Waals surface area contributed by atoms with E-state index in [0.717, 1.165) is 5.56 Å². The predicted molar refractivity (Wildman–Crippen MR) is 46.4 cm³/mol. The summed E-state index contributed by atoms with van der Waals surface area (Å²) in [6.07, 6.45) is -0.0160. The first-order chi connectivity index (χ1) is 6.27. The van der Waals surface area contributed by atoms with E-state index in [1.165, 1.54) is 0 Å². The maximum absolute atomic E-state index is 10.4. The number of rotatable bonds is 3. The molecule has 0 amide bonds. The van der Waals surface area contributed by atoms with Crippen LogP contribution in [0.25, 0.3) is 0 Å². The van der Waals surface area contributed by atoms with Crippen molar-refractivity contribution >= 4 is 5.97 Å². The van der Waals surface area contributed by atoms with E-state index < -0.39 is 12.1 Å². The molecule has 0 spiro atoms. The third-order valence-electron chi connectivity index (χ3n) is 2.11. The second-order valence-corrected chi connectivity index (χ2v) is 3.12. The lowest BCUT2D eigenvalue weighted by Gasteiger charge is -1.94. The molecule has 3 heteroatoms. The highest BCUT2D eigenvalue weighted by Gasteiger charge is 2.44. The van der Waals surface area contributed by atoms with Crippen molar-refractivity contribution in [2.75, 3.05) is 0 Å². The van der Waals surface area contributed by atoms with E-state index in [4.69, 9.17) is 9.84 Å². The largest absolute Gasteiger partial charge is 0.479 e. The zero-order chi connectivity index (χ0) is 9.26. The molecule has 0 bridgehead atoms. The Bertz CT molecular complexity index is 307. The standard InChI is InChI=1S/C10H10O3/c11-10(12)9-8(13-9)6-7-4-2-1-3-5-7/h1-5,8-9H,6H2,(H,11,12)/t8-,9+/m1/s1. The molecular formula is C10H10O3. The smallest absolute Gasteiger partial charge is 0.335 e. The summed E-state index contributed by atoms with van der Waals surface area (Å²) in [4.78, 5) is 10.4. The summed E-state index contributed by atoms with van der Waals surface area (Å²) in [7, 11) is 0. The van der Waals surface area contributed by atoms with Crippen molar-refractivity contribution in [2.45, 2.75) is 18.6 Å². The highest BCUT2D eigenvalue weighted by atomic mass is 16.6. The predicted octanol–water partition coefficient (Wildman–Crippen LogP) is 1.08. The molecule has 0 aliphatic carbocycles. The first-order valence-electron chi connectivity index (χ1n) is 4.19. The van der Waals surface area contributed by atoms with Crippen molar-refractivity contribution in [3.05, 3.63) is 35.9 Å². The van der Waals surface area contributed by atoms with E-state index in [1.54, 1.807) is 0 Å². The number of carbonyl (C=O) groups is 1. The van der Waals surface area contributed by atoms with Crippen LogP contribution < -0.4 is 0 Å². The Labute approximate surface area is 76.0 Å². The average molecular weight is 178 g/mol. The van der Waals surface area contributed by atoms with Crippen molar-refractivity contribution in [2.24, 2.45) is 0 Å². The van der Waals surface area contributed by atoms with Gasteiger partial charge in [-0.2, -0.15) is 0 Å². The number of epoxide rings is 1. The number of carboxylic acid groups (broad SMARTS) is 1. The lowest BCUT2D eigenvalue weighted by molar-refractivity contribution is -0.138. The van der Waals surface area contributed by atoms with Crippen LogP contribution in [0.4, 0.5) is 0 Å². The first-order valence-corrected chi connectivity index (χ1v) is 4.19. The lowest BCUT2D eigenvalue weighted by Crippen LogP contribution is -2.09. The fourth-order valence-corrected chi connectivity index (χ4v) is 1.36. The van der Waals surface area contributed by atoms with Crippen LogP contribution in [0.5, 0.6) is 0 Å². The molecule has 1 aromatic rings. The molecule has 1 aromatic carbocycles. The van der Waals surface area contributed by atoms with E-state index in [9.17, 15) is 4.79 Å². The van der Waals surface area contributed by atoms with Crippen LogP contribution in [0.1, 0.15) is 5.56 Å². The van der Waals surface area contributed by atoms with E-state index in [0.29, 0.717) is 6.42 Å². The van der Waals surface area contributed by atoms with E-state index >= 15 is 0 Å². The normalized spacial score (nSPS) is 25.5. The van der Waals surface area contributed by atoms with Crippen molar-refractivity contribution in [1.82, 2.24) is 0 Å². The molecule has 68 valence electrons. The highest BCUT2D eigenvalue weighted by Crippen LogP contribution is 2.25. The fourth-order valence-electron chi connectivity index (χ4n) is 1.36. The number of aliphatic carboxylic acids is 1. The van der Waals surface area contributed by atoms with Crippen LogP contribution in [0.2, 0.25) is 0 Å². The zero-order valence-electron chi connectivity index (χ0n) is 7.01. The summed E-state index contributed by atoms with van der Waals surface area (Å²) in [5.41, 5.74) is 1.12. The van der Waals surface area contributed by atoms with Gasteiger partial charge in [-0.3, -0.25) is 0 Å². The molecule has 0 saturated carbocycles. The molecule has 3 nitrogen and oxygen atoms in total. The van der Waals surface area contributed by atoms with Crippen molar-refractivity contribution in [3.8, 4) is 0 Å². The Morgan fingerprint density at radius 1 is 1.38 bits per heavy atom. The number of benzene rings is 1. The molecule has 2 rings (SSSR count). The maximum Gasteiger partial charge on any atom is 0.335 e. The monoisotopic (exact) mass is 178 g/mol. The van der Waals surface area contributed by atoms with Gasteiger partial charge in [0, 0.05) is 6.42 Å². The van der Waals surface area contributed by atoms with E-state index in [-0.39, 0.29) is 6.10 Å². The molecule has 1 aliphatic rings. The Kier molecular flexibility index (Phi) is 2.02.